The van der Waals surface area contributed by atoms with E-state index < -0.39 is 11.6 Å². The number of rotatable bonds is 5. The van der Waals surface area contributed by atoms with Crippen LogP contribution in [0, 0.1) is 25.5 Å². The molecule has 0 aromatic heterocycles. The third-order valence-electron chi connectivity index (χ3n) is 3.45. The molecule has 0 unspecified atom stereocenters. The van der Waals surface area contributed by atoms with Gasteiger partial charge in [0.2, 0.25) is 0 Å². The zero-order valence-corrected chi connectivity index (χ0v) is 13.7. The highest BCUT2D eigenvalue weighted by molar-refractivity contribution is 5.64. The fourth-order valence-electron chi connectivity index (χ4n) is 1.98. The number of aliphatic imine (C=N–C) groups is 1. The quantitative estimate of drug-likeness (QED) is 0.573. The third-order valence-corrected chi connectivity index (χ3v) is 3.45. The number of benzene rings is 2. The van der Waals surface area contributed by atoms with Crippen LogP contribution in [0.15, 0.2) is 35.3 Å². The van der Waals surface area contributed by atoms with Crippen molar-refractivity contribution in [1.29, 1.82) is 0 Å². The van der Waals surface area contributed by atoms with Gasteiger partial charge in [-0.25, -0.2) is 13.8 Å². The topological polar surface area (TPSA) is 24.8 Å². The van der Waals surface area contributed by atoms with E-state index in [0.717, 1.165) is 41.6 Å². The van der Waals surface area contributed by atoms with Gasteiger partial charge in [0.05, 0.1) is 12.0 Å². The second kappa shape index (κ2) is 7.22. The first kappa shape index (κ1) is 16.9. The summed E-state index contributed by atoms with van der Waals surface area (Å²) in [5, 5.41) is 0. The minimum atomic E-state index is -0.668. The van der Waals surface area contributed by atoms with Crippen molar-refractivity contribution in [1.82, 2.24) is 4.90 Å². The average Bonchev–Trinajstić information content (AvgIpc) is 2.47. The van der Waals surface area contributed by atoms with Crippen LogP contribution in [0.4, 0.5) is 14.5 Å². The highest BCUT2D eigenvalue weighted by atomic mass is 19.1. The summed E-state index contributed by atoms with van der Waals surface area (Å²) in [6.07, 6.45) is 1.77. The average molecular weight is 318 g/mol. The molecule has 0 N–H and O–H groups in total. The summed E-state index contributed by atoms with van der Waals surface area (Å²) in [7, 11) is 1.95. The lowest BCUT2D eigenvalue weighted by Crippen LogP contribution is -2.14. The van der Waals surface area contributed by atoms with Gasteiger partial charge in [0.25, 0.3) is 0 Å². The predicted octanol–water partition coefficient (Wildman–Crippen LogP) is 4.99. The Balaban J connectivity index is 2.27. The Morgan fingerprint density at radius 2 is 1.70 bits per heavy atom. The van der Waals surface area contributed by atoms with Gasteiger partial charge in [0.1, 0.15) is 23.1 Å². The van der Waals surface area contributed by atoms with Crippen LogP contribution in [0.1, 0.15) is 18.1 Å². The molecule has 0 amide bonds. The smallest absolute Gasteiger partial charge is 0.133 e. The normalized spacial score (nSPS) is 11.0. The van der Waals surface area contributed by atoms with Crippen molar-refractivity contribution >= 4 is 12.0 Å². The fraction of sp³-hybridized carbons (Fsp3) is 0.278. The summed E-state index contributed by atoms with van der Waals surface area (Å²) >= 11 is 0. The maximum absolute atomic E-state index is 13.2. The van der Waals surface area contributed by atoms with E-state index in [1.54, 1.807) is 6.34 Å². The van der Waals surface area contributed by atoms with Gasteiger partial charge in [0.15, 0.2) is 0 Å². The second-order valence-corrected chi connectivity index (χ2v) is 5.43. The monoisotopic (exact) mass is 318 g/mol. The van der Waals surface area contributed by atoms with Gasteiger partial charge < -0.3 is 9.64 Å². The Morgan fingerprint density at radius 1 is 1.04 bits per heavy atom. The van der Waals surface area contributed by atoms with Gasteiger partial charge in [-0.15, -0.1) is 0 Å². The molecule has 2 aromatic rings. The van der Waals surface area contributed by atoms with Gasteiger partial charge in [-0.05, 0) is 44.0 Å². The minimum Gasteiger partial charge on any atom is -0.457 e. The molecule has 0 heterocycles. The Morgan fingerprint density at radius 3 is 2.30 bits per heavy atom. The van der Waals surface area contributed by atoms with Crippen molar-refractivity contribution in [3.63, 3.8) is 0 Å². The van der Waals surface area contributed by atoms with Crippen molar-refractivity contribution in [2.24, 2.45) is 4.99 Å². The highest BCUT2D eigenvalue weighted by Crippen LogP contribution is 2.32. The molecule has 0 bridgehead atoms. The number of nitrogens with zero attached hydrogens (tertiary/aromatic N) is 2. The first-order valence-corrected chi connectivity index (χ1v) is 7.38. The van der Waals surface area contributed by atoms with Crippen molar-refractivity contribution in [3.05, 3.63) is 53.1 Å². The van der Waals surface area contributed by atoms with Crippen LogP contribution in [-0.2, 0) is 0 Å². The maximum Gasteiger partial charge on any atom is 0.133 e. The van der Waals surface area contributed by atoms with Gasteiger partial charge in [-0.2, -0.15) is 0 Å². The first-order valence-electron chi connectivity index (χ1n) is 7.38. The summed E-state index contributed by atoms with van der Waals surface area (Å²) in [6, 6.07) is 6.82. The number of hydrogen-bond acceptors (Lipinski definition) is 2. The van der Waals surface area contributed by atoms with Crippen LogP contribution in [0.3, 0.4) is 0 Å². The Hall–Kier alpha value is -2.43. The summed E-state index contributed by atoms with van der Waals surface area (Å²) in [4.78, 5) is 6.41. The van der Waals surface area contributed by atoms with E-state index in [-0.39, 0.29) is 5.75 Å². The molecule has 0 aliphatic heterocycles. The van der Waals surface area contributed by atoms with Crippen LogP contribution >= 0.6 is 0 Å². The zero-order chi connectivity index (χ0) is 17.0. The van der Waals surface area contributed by atoms with Crippen LogP contribution in [-0.4, -0.2) is 24.8 Å². The molecule has 0 saturated heterocycles. The Bertz CT molecular complexity index is 709. The molecule has 0 aliphatic rings. The summed E-state index contributed by atoms with van der Waals surface area (Å²) in [5.74, 6) is -0.654. The van der Waals surface area contributed by atoms with E-state index in [1.165, 1.54) is 0 Å². The van der Waals surface area contributed by atoms with Crippen molar-refractivity contribution in [2.45, 2.75) is 20.8 Å². The maximum atomic E-state index is 13.2. The molecule has 0 aliphatic carbocycles. The van der Waals surface area contributed by atoms with Crippen molar-refractivity contribution < 1.29 is 13.5 Å². The molecule has 3 nitrogen and oxygen atoms in total. The van der Waals surface area contributed by atoms with Gasteiger partial charge in [-0.3, -0.25) is 0 Å². The molecule has 122 valence electrons. The van der Waals surface area contributed by atoms with Crippen molar-refractivity contribution in [3.8, 4) is 11.5 Å². The van der Waals surface area contributed by atoms with Gasteiger partial charge in [-0.1, -0.05) is 0 Å². The number of aryl methyl sites for hydroxylation is 2. The van der Waals surface area contributed by atoms with Gasteiger partial charge >= 0.3 is 0 Å². The lowest BCUT2D eigenvalue weighted by atomic mass is 10.1. The number of hydrogen-bond donors (Lipinski definition) is 0. The Kier molecular flexibility index (Phi) is 5.32. The fourth-order valence-corrected chi connectivity index (χ4v) is 1.98. The predicted molar refractivity (Wildman–Crippen MR) is 88.8 cm³/mol. The van der Waals surface area contributed by atoms with E-state index in [2.05, 4.69) is 4.99 Å². The van der Waals surface area contributed by atoms with E-state index in [9.17, 15) is 8.78 Å². The second-order valence-electron chi connectivity index (χ2n) is 5.43. The van der Waals surface area contributed by atoms with E-state index in [4.69, 9.17) is 4.74 Å². The molecule has 2 aromatic carbocycles. The molecular weight excluding hydrogens is 298 g/mol. The SMILES string of the molecule is CCN(C)C=Nc1cc(C)c(Oc2cc(F)cc(F)c2)cc1C. The molecule has 0 fully saturated rings. The summed E-state index contributed by atoms with van der Waals surface area (Å²) in [5.41, 5.74) is 2.59. The summed E-state index contributed by atoms with van der Waals surface area (Å²) in [6.45, 7) is 6.69. The molecule has 0 saturated carbocycles. The third kappa shape index (κ3) is 4.52. The molecule has 0 spiro atoms. The highest BCUT2D eigenvalue weighted by Gasteiger charge is 2.08. The lowest BCUT2D eigenvalue weighted by molar-refractivity contribution is 0.465. The molecular formula is C18H20F2N2O. The number of ether oxygens (including phenoxy) is 1. The molecule has 0 atom stereocenters. The molecule has 5 heteroatoms. The van der Waals surface area contributed by atoms with E-state index in [1.807, 2.05) is 44.9 Å². The van der Waals surface area contributed by atoms with Crippen LogP contribution in [0.2, 0.25) is 0 Å². The van der Waals surface area contributed by atoms with Crippen molar-refractivity contribution in [2.75, 3.05) is 13.6 Å². The first-order chi connectivity index (χ1) is 10.9. The minimum absolute atomic E-state index is 0.131. The molecule has 23 heavy (non-hydrogen) atoms. The lowest BCUT2D eigenvalue weighted by Gasteiger charge is -2.13. The number of halogens is 2. The van der Waals surface area contributed by atoms with Crippen LogP contribution in [0.5, 0.6) is 11.5 Å². The van der Waals surface area contributed by atoms with Crippen LogP contribution in [0.25, 0.3) is 0 Å². The standard InChI is InChI=1S/C18H20F2N2O/c1-5-22(4)11-21-17-6-13(3)18(7-12(17)2)23-16-9-14(19)8-15(20)10-16/h6-11H,5H2,1-4H3. The zero-order valence-electron chi connectivity index (χ0n) is 13.7. The largest absolute Gasteiger partial charge is 0.457 e. The van der Waals surface area contributed by atoms with E-state index >= 15 is 0 Å². The van der Waals surface area contributed by atoms with Crippen LogP contribution < -0.4 is 4.74 Å². The Labute approximate surface area is 135 Å². The summed E-state index contributed by atoms with van der Waals surface area (Å²) < 4.78 is 32.1. The molecule has 0 radical (unpaired) electrons. The van der Waals surface area contributed by atoms with Gasteiger partial charge in [0, 0.05) is 31.8 Å². The molecule has 2 rings (SSSR count). The van der Waals surface area contributed by atoms with E-state index in [0.29, 0.717) is 5.75 Å².